The predicted octanol–water partition coefficient (Wildman–Crippen LogP) is 6.24. The van der Waals surface area contributed by atoms with Crippen LogP contribution in [0.25, 0.3) is 0 Å². The predicted molar refractivity (Wildman–Crippen MR) is 137 cm³/mol. The standard InChI is InChI=1S/C25H20FNO2P.CH3Br/c26-24-17-10-18-25(27(28)29)23(24)19-30(20-11-4-1-5-12-20,21-13-6-2-7-14-21)22-15-8-3-9-16-22;1-2/h1-18H,19H2;1H3/q+1;. The number of nitro groups is 1. The summed E-state index contributed by atoms with van der Waals surface area (Å²) in [6.45, 7) is 0. The largest absolute Gasteiger partial charge is 0.279 e. The van der Waals surface area contributed by atoms with Gasteiger partial charge in [0.25, 0.3) is 5.69 Å². The summed E-state index contributed by atoms with van der Waals surface area (Å²) in [5.74, 6) is 1.27. The molecule has 0 amide bonds. The lowest BCUT2D eigenvalue weighted by Crippen LogP contribution is -2.32. The number of rotatable bonds is 6. The van der Waals surface area contributed by atoms with Gasteiger partial charge in [0.05, 0.1) is 4.92 Å². The van der Waals surface area contributed by atoms with Crippen molar-refractivity contribution in [2.45, 2.75) is 6.16 Å². The molecule has 0 unspecified atom stereocenters. The molecule has 4 aromatic rings. The molecule has 0 saturated carbocycles. The maximum absolute atomic E-state index is 15.0. The quantitative estimate of drug-likeness (QED) is 0.133. The highest BCUT2D eigenvalue weighted by atomic mass is 79.9. The maximum Gasteiger partial charge on any atom is 0.279 e. The molecule has 0 aliphatic carbocycles. The van der Waals surface area contributed by atoms with Crippen molar-refractivity contribution in [2.75, 3.05) is 5.83 Å². The van der Waals surface area contributed by atoms with Crippen LogP contribution in [0.2, 0.25) is 0 Å². The summed E-state index contributed by atoms with van der Waals surface area (Å²) in [6.07, 6.45) is 0.230. The van der Waals surface area contributed by atoms with Crippen LogP contribution in [-0.4, -0.2) is 10.8 Å². The third kappa shape index (κ3) is 4.79. The van der Waals surface area contributed by atoms with Gasteiger partial charge in [0.2, 0.25) is 0 Å². The van der Waals surface area contributed by atoms with Gasteiger partial charge in [0, 0.05) is 6.07 Å². The fourth-order valence-corrected chi connectivity index (χ4v) is 8.15. The summed E-state index contributed by atoms with van der Waals surface area (Å²) in [7, 11) is -2.41. The van der Waals surface area contributed by atoms with E-state index in [-0.39, 0.29) is 17.4 Å². The average Bonchev–Trinajstić information content (AvgIpc) is 2.86. The van der Waals surface area contributed by atoms with Gasteiger partial charge in [-0.25, -0.2) is 4.39 Å². The Morgan fingerprint density at radius 1 is 0.719 bits per heavy atom. The van der Waals surface area contributed by atoms with Gasteiger partial charge in [0.1, 0.15) is 40.7 Å². The molecule has 0 N–H and O–H groups in total. The van der Waals surface area contributed by atoms with Crippen LogP contribution in [0.5, 0.6) is 0 Å². The van der Waals surface area contributed by atoms with Crippen LogP contribution in [-0.2, 0) is 6.16 Å². The molecular weight excluding hydrogens is 488 g/mol. The molecule has 0 aromatic heterocycles. The van der Waals surface area contributed by atoms with Gasteiger partial charge in [0.15, 0.2) is 0 Å². The second-order valence-corrected chi connectivity index (χ2v) is 10.5. The Morgan fingerprint density at radius 3 is 1.50 bits per heavy atom. The maximum atomic E-state index is 15.0. The van der Waals surface area contributed by atoms with Gasteiger partial charge in [-0.3, -0.25) is 10.1 Å². The third-order valence-electron chi connectivity index (χ3n) is 5.28. The van der Waals surface area contributed by atoms with E-state index in [1.54, 1.807) is 0 Å². The molecule has 0 spiro atoms. The highest BCUT2D eigenvalue weighted by molar-refractivity contribution is 9.08. The number of nitrogens with zero attached hydrogens (tertiary/aromatic N) is 1. The Balaban J connectivity index is 0.00000141. The SMILES string of the molecule is CBr.O=[N+]([O-])c1cccc(F)c1C[P+](c1ccccc1)(c1ccccc1)c1ccccc1. The lowest BCUT2D eigenvalue weighted by atomic mass is 10.2. The smallest absolute Gasteiger partial charge is 0.258 e. The van der Waals surface area contributed by atoms with E-state index in [2.05, 4.69) is 15.9 Å². The molecule has 0 saturated heterocycles. The zero-order valence-electron chi connectivity index (χ0n) is 17.6. The van der Waals surface area contributed by atoms with Gasteiger partial charge in [-0.2, -0.15) is 0 Å². The highest BCUT2D eigenvalue weighted by Crippen LogP contribution is 2.59. The second kappa shape index (κ2) is 11.1. The van der Waals surface area contributed by atoms with E-state index < -0.39 is 18.0 Å². The number of nitro benzene ring substituents is 1. The molecule has 0 atom stereocenters. The lowest BCUT2D eigenvalue weighted by Gasteiger charge is -2.27. The van der Waals surface area contributed by atoms with Crippen molar-refractivity contribution in [3.8, 4) is 0 Å². The molecule has 6 heteroatoms. The normalized spacial score (nSPS) is 10.7. The van der Waals surface area contributed by atoms with Crippen molar-refractivity contribution in [1.82, 2.24) is 0 Å². The number of alkyl halides is 1. The molecule has 0 heterocycles. The molecule has 0 aliphatic rings. The molecule has 0 aliphatic heterocycles. The fourth-order valence-electron chi connectivity index (χ4n) is 3.88. The number of hydrogen-bond acceptors (Lipinski definition) is 2. The monoisotopic (exact) mass is 510 g/mol. The molecule has 0 radical (unpaired) electrons. The van der Waals surface area contributed by atoms with E-state index in [1.807, 2.05) is 96.8 Å². The van der Waals surface area contributed by atoms with Crippen LogP contribution in [0.1, 0.15) is 5.56 Å². The zero-order valence-corrected chi connectivity index (χ0v) is 20.0. The van der Waals surface area contributed by atoms with Crippen LogP contribution in [0.4, 0.5) is 10.1 Å². The van der Waals surface area contributed by atoms with Gasteiger partial charge in [-0.1, -0.05) is 76.6 Å². The number of hydrogen-bond donors (Lipinski definition) is 0. The minimum Gasteiger partial charge on any atom is -0.258 e. The first-order chi connectivity index (χ1) is 15.6. The van der Waals surface area contributed by atoms with Crippen molar-refractivity contribution >= 4 is 44.8 Å². The lowest BCUT2D eigenvalue weighted by molar-refractivity contribution is -0.385. The summed E-state index contributed by atoms with van der Waals surface area (Å²) in [5.41, 5.74) is -0.0328. The van der Waals surface area contributed by atoms with Gasteiger partial charge < -0.3 is 0 Å². The van der Waals surface area contributed by atoms with E-state index in [0.717, 1.165) is 15.9 Å². The van der Waals surface area contributed by atoms with Crippen LogP contribution >= 0.6 is 23.2 Å². The molecule has 162 valence electrons. The summed E-state index contributed by atoms with van der Waals surface area (Å²) < 4.78 is 15.0. The van der Waals surface area contributed by atoms with Gasteiger partial charge in [-0.05, 0) is 48.3 Å². The fraction of sp³-hybridized carbons (Fsp3) is 0.0769. The first-order valence-corrected chi connectivity index (χ1v) is 13.5. The molecular formula is C26H23BrFNO2P+. The van der Waals surface area contributed by atoms with Crippen molar-refractivity contribution in [2.24, 2.45) is 0 Å². The molecule has 4 aromatic carbocycles. The van der Waals surface area contributed by atoms with Gasteiger partial charge in [-0.15, -0.1) is 0 Å². The Kier molecular flexibility index (Phi) is 8.26. The number of benzene rings is 4. The summed E-state index contributed by atoms with van der Waals surface area (Å²) >= 11 is 2.94. The first kappa shape index (κ1) is 23.8. The van der Waals surface area contributed by atoms with E-state index in [9.17, 15) is 10.1 Å². The van der Waals surface area contributed by atoms with Crippen LogP contribution < -0.4 is 15.9 Å². The average molecular weight is 511 g/mol. The van der Waals surface area contributed by atoms with Crippen LogP contribution in [0.15, 0.2) is 109 Å². The third-order valence-corrected chi connectivity index (χ3v) is 9.61. The first-order valence-electron chi connectivity index (χ1n) is 9.97. The molecule has 4 rings (SSSR count). The van der Waals surface area contributed by atoms with Crippen LogP contribution in [0.3, 0.4) is 0 Å². The second-order valence-electron chi connectivity index (χ2n) is 6.97. The van der Waals surface area contributed by atoms with Crippen molar-refractivity contribution in [3.05, 3.63) is 131 Å². The molecule has 3 nitrogen and oxygen atoms in total. The van der Waals surface area contributed by atoms with Crippen molar-refractivity contribution in [1.29, 1.82) is 0 Å². The Hall–Kier alpha value is -2.88. The van der Waals surface area contributed by atoms with Crippen molar-refractivity contribution < 1.29 is 9.31 Å². The highest BCUT2D eigenvalue weighted by Gasteiger charge is 2.47. The van der Waals surface area contributed by atoms with E-state index >= 15 is 4.39 Å². The van der Waals surface area contributed by atoms with E-state index in [4.69, 9.17) is 0 Å². The molecule has 0 fully saturated rings. The topological polar surface area (TPSA) is 43.1 Å². The van der Waals surface area contributed by atoms with E-state index in [0.29, 0.717) is 0 Å². The molecule has 32 heavy (non-hydrogen) atoms. The number of halogens is 2. The Morgan fingerprint density at radius 2 is 1.12 bits per heavy atom. The summed E-state index contributed by atoms with van der Waals surface area (Å²) in [6, 6.07) is 33.9. The summed E-state index contributed by atoms with van der Waals surface area (Å²) in [5, 5.41) is 14.9. The zero-order chi connectivity index (χ0) is 23.0. The Labute approximate surface area is 196 Å². The van der Waals surface area contributed by atoms with Crippen LogP contribution in [0, 0.1) is 15.9 Å². The van der Waals surface area contributed by atoms with E-state index in [1.165, 1.54) is 18.2 Å². The Bertz CT molecular complexity index is 1060. The summed E-state index contributed by atoms with van der Waals surface area (Å²) in [4.78, 5) is 11.2. The van der Waals surface area contributed by atoms with Gasteiger partial charge >= 0.3 is 0 Å². The minimum atomic E-state index is -2.41. The molecule has 0 bridgehead atoms. The minimum absolute atomic E-state index is 0.146. The van der Waals surface area contributed by atoms with Crippen molar-refractivity contribution in [3.63, 3.8) is 0 Å².